The third-order valence-electron chi connectivity index (χ3n) is 3.20. The zero-order valence-electron chi connectivity index (χ0n) is 12.2. The van der Waals surface area contributed by atoms with Gasteiger partial charge >= 0.3 is 0 Å². The van der Waals surface area contributed by atoms with Crippen molar-refractivity contribution >= 4 is 5.78 Å². The first kappa shape index (κ1) is 14.0. The average molecular weight is 289 g/mol. The van der Waals surface area contributed by atoms with E-state index in [1.807, 2.05) is 55.5 Å². The number of carbonyl (C=O) groups excluding carboxylic acids is 1. The Bertz CT molecular complexity index is 797. The van der Waals surface area contributed by atoms with Crippen LogP contribution in [0.4, 0.5) is 0 Å². The van der Waals surface area contributed by atoms with Gasteiger partial charge in [0.1, 0.15) is 17.2 Å². The SMILES string of the molecule is Cc1cccc(C(=O)c2cccc(Oc3ccccc3)c2)n1. The maximum Gasteiger partial charge on any atom is 0.211 e. The van der Waals surface area contributed by atoms with Gasteiger partial charge in [-0.2, -0.15) is 0 Å². The molecule has 0 spiro atoms. The number of aryl methyl sites for hydroxylation is 1. The van der Waals surface area contributed by atoms with E-state index < -0.39 is 0 Å². The van der Waals surface area contributed by atoms with Gasteiger partial charge in [0.25, 0.3) is 0 Å². The lowest BCUT2D eigenvalue weighted by Crippen LogP contribution is -2.04. The number of aromatic nitrogens is 1. The molecule has 0 atom stereocenters. The molecule has 0 amide bonds. The van der Waals surface area contributed by atoms with Crippen molar-refractivity contribution in [2.75, 3.05) is 0 Å². The molecule has 0 saturated heterocycles. The molecule has 0 fully saturated rings. The van der Waals surface area contributed by atoms with E-state index in [0.29, 0.717) is 17.0 Å². The fourth-order valence-corrected chi connectivity index (χ4v) is 2.14. The molecule has 22 heavy (non-hydrogen) atoms. The topological polar surface area (TPSA) is 39.2 Å². The highest BCUT2D eigenvalue weighted by atomic mass is 16.5. The molecule has 1 heterocycles. The zero-order chi connectivity index (χ0) is 15.4. The molecule has 3 nitrogen and oxygen atoms in total. The monoisotopic (exact) mass is 289 g/mol. The molecule has 0 bridgehead atoms. The first-order valence-corrected chi connectivity index (χ1v) is 7.04. The van der Waals surface area contributed by atoms with Gasteiger partial charge < -0.3 is 4.74 Å². The van der Waals surface area contributed by atoms with Crippen LogP contribution in [0.3, 0.4) is 0 Å². The Balaban J connectivity index is 1.86. The summed E-state index contributed by atoms with van der Waals surface area (Å²) in [5.41, 5.74) is 1.82. The Morgan fingerprint density at radius 3 is 2.36 bits per heavy atom. The summed E-state index contributed by atoms with van der Waals surface area (Å²) in [6, 6.07) is 22.0. The van der Waals surface area contributed by atoms with Gasteiger partial charge in [-0.05, 0) is 43.3 Å². The Hall–Kier alpha value is -2.94. The molecule has 1 aromatic heterocycles. The molecule has 0 N–H and O–H groups in total. The number of pyridine rings is 1. The van der Waals surface area contributed by atoms with Crippen molar-refractivity contribution in [2.24, 2.45) is 0 Å². The van der Waals surface area contributed by atoms with Gasteiger partial charge in [0, 0.05) is 11.3 Å². The van der Waals surface area contributed by atoms with E-state index in [-0.39, 0.29) is 5.78 Å². The lowest BCUT2D eigenvalue weighted by atomic mass is 10.1. The largest absolute Gasteiger partial charge is 0.457 e. The van der Waals surface area contributed by atoms with Gasteiger partial charge in [-0.1, -0.05) is 36.4 Å². The molecular weight excluding hydrogens is 274 g/mol. The standard InChI is InChI=1S/C19H15NO2/c1-14-7-5-12-18(20-14)19(21)15-8-6-11-17(13-15)22-16-9-3-2-4-10-16/h2-13H,1H3. The minimum absolute atomic E-state index is 0.109. The average Bonchev–Trinajstić information content (AvgIpc) is 2.55. The summed E-state index contributed by atoms with van der Waals surface area (Å²) in [5, 5.41) is 0. The number of carbonyl (C=O) groups is 1. The predicted octanol–water partition coefficient (Wildman–Crippen LogP) is 4.41. The Kier molecular flexibility index (Phi) is 3.97. The summed E-state index contributed by atoms with van der Waals surface area (Å²) >= 11 is 0. The van der Waals surface area contributed by atoms with Crippen LogP contribution in [0.25, 0.3) is 0 Å². The molecule has 3 aromatic rings. The highest BCUT2D eigenvalue weighted by Gasteiger charge is 2.11. The zero-order valence-corrected chi connectivity index (χ0v) is 12.2. The molecule has 0 radical (unpaired) electrons. The summed E-state index contributed by atoms with van der Waals surface area (Å²) in [5.74, 6) is 1.26. The Morgan fingerprint density at radius 2 is 1.59 bits per heavy atom. The Morgan fingerprint density at radius 1 is 0.864 bits per heavy atom. The van der Waals surface area contributed by atoms with Crippen LogP contribution < -0.4 is 4.74 Å². The number of ketones is 1. The van der Waals surface area contributed by atoms with Crippen LogP contribution in [0.15, 0.2) is 72.8 Å². The van der Waals surface area contributed by atoms with Gasteiger partial charge in [-0.3, -0.25) is 4.79 Å². The normalized spacial score (nSPS) is 10.2. The second-order valence-electron chi connectivity index (χ2n) is 4.94. The second-order valence-corrected chi connectivity index (χ2v) is 4.94. The number of benzene rings is 2. The van der Waals surface area contributed by atoms with Gasteiger partial charge in [0.2, 0.25) is 5.78 Å². The van der Waals surface area contributed by atoms with Gasteiger partial charge in [-0.15, -0.1) is 0 Å². The first-order valence-electron chi connectivity index (χ1n) is 7.04. The van der Waals surface area contributed by atoms with Crippen LogP contribution >= 0.6 is 0 Å². The number of hydrogen-bond acceptors (Lipinski definition) is 3. The summed E-state index contributed by atoms with van der Waals surface area (Å²) < 4.78 is 5.76. The summed E-state index contributed by atoms with van der Waals surface area (Å²) in [7, 11) is 0. The second kappa shape index (κ2) is 6.22. The molecular formula is C19H15NO2. The van der Waals surface area contributed by atoms with E-state index in [9.17, 15) is 4.79 Å². The minimum Gasteiger partial charge on any atom is -0.457 e. The quantitative estimate of drug-likeness (QED) is 0.668. The molecule has 0 aliphatic rings. The Labute approximate surface area is 129 Å². The number of para-hydroxylation sites is 1. The maximum absolute atomic E-state index is 12.5. The lowest BCUT2D eigenvalue weighted by molar-refractivity contribution is 0.103. The number of nitrogens with zero attached hydrogens (tertiary/aromatic N) is 1. The van der Waals surface area contributed by atoms with Crippen LogP contribution in [0.1, 0.15) is 21.7 Å². The van der Waals surface area contributed by atoms with E-state index in [2.05, 4.69) is 4.98 Å². The fourth-order valence-electron chi connectivity index (χ4n) is 2.14. The van der Waals surface area contributed by atoms with Crippen molar-refractivity contribution in [3.05, 3.63) is 89.7 Å². The molecule has 3 rings (SSSR count). The van der Waals surface area contributed by atoms with Crippen LogP contribution in [0, 0.1) is 6.92 Å². The number of rotatable bonds is 4. The van der Waals surface area contributed by atoms with Gasteiger partial charge in [0.05, 0.1) is 0 Å². The predicted molar refractivity (Wildman–Crippen MR) is 85.4 cm³/mol. The van der Waals surface area contributed by atoms with Gasteiger partial charge in [0.15, 0.2) is 0 Å². The van der Waals surface area contributed by atoms with E-state index in [1.165, 1.54) is 0 Å². The van der Waals surface area contributed by atoms with E-state index in [0.717, 1.165) is 11.4 Å². The van der Waals surface area contributed by atoms with E-state index in [4.69, 9.17) is 4.74 Å². The summed E-state index contributed by atoms with van der Waals surface area (Å²) in [6.45, 7) is 1.87. The maximum atomic E-state index is 12.5. The number of ether oxygens (including phenoxy) is 1. The molecule has 0 aliphatic heterocycles. The van der Waals surface area contributed by atoms with Crippen molar-refractivity contribution in [2.45, 2.75) is 6.92 Å². The van der Waals surface area contributed by atoms with Crippen molar-refractivity contribution in [1.29, 1.82) is 0 Å². The van der Waals surface area contributed by atoms with E-state index >= 15 is 0 Å². The lowest BCUT2D eigenvalue weighted by Gasteiger charge is -2.07. The molecule has 3 heteroatoms. The van der Waals surface area contributed by atoms with Crippen LogP contribution in [0.5, 0.6) is 11.5 Å². The van der Waals surface area contributed by atoms with Crippen molar-refractivity contribution in [3.63, 3.8) is 0 Å². The van der Waals surface area contributed by atoms with E-state index in [1.54, 1.807) is 24.3 Å². The number of hydrogen-bond donors (Lipinski definition) is 0. The molecule has 0 aliphatic carbocycles. The third kappa shape index (κ3) is 3.20. The molecule has 108 valence electrons. The highest BCUT2D eigenvalue weighted by Crippen LogP contribution is 2.22. The minimum atomic E-state index is -0.109. The smallest absolute Gasteiger partial charge is 0.211 e. The van der Waals surface area contributed by atoms with Crippen LogP contribution in [-0.2, 0) is 0 Å². The molecule has 0 saturated carbocycles. The highest BCUT2D eigenvalue weighted by molar-refractivity contribution is 6.07. The summed E-state index contributed by atoms with van der Waals surface area (Å²) in [4.78, 5) is 16.8. The van der Waals surface area contributed by atoms with Crippen LogP contribution in [0.2, 0.25) is 0 Å². The molecule has 0 unspecified atom stereocenters. The first-order chi connectivity index (χ1) is 10.7. The van der Waals surface area contributed by atoms with Crippen molar-refractivity contribution in [1.82, 2.24) is 4.98 Å². The molecule has 2 aromatic carbocycles. The summed E-state index contributed by atoms with van der Waals surface area (Å²) in [6.07, 6.45) is 0. The van der Waals surface area contributed by atoms with Crippen molar-refractivity contribution in [3.8, 4) is 11.5 Å². The van der Waals surface area contributed by atoms with Crippen LogP contribution in [-0.4, -0.2) is 10.8 Å². The van der Waals surface area contributed by atoms with Crippen molar-refractivity contribution < 1.29 is 9.53 Å². The third-order valence-corrected chi connectivity index (χ3v) is 3.20. The fraction of sp³-hybridized carbons (Fsp3) is 0.0526. The van der Waals surface area contributed by atoms with Gasteiger partial charge in [-0.25, -0.2) is 4.98 Å².